The van der Waals surface area contributed by atoms with Gasteiger partial charge < -0.3 is 16.4 Å². The Labute approximate surface area is 119 Å². The molecule has 0 aromatic heterocycles. The number of amides is 2. The Kier molecular flexibility index (Phi) is 6.18. The molecule has 1 atom stereocenters. The second kappa shape index (κ2) is 7.65. The van der Waals surface area contributed by atoms with Crippen molar-refractivity contribution in [2.45, 2.75) is 26.3 Å². The van der Waals surface area contributed by atoms with E-state index in [9.17, 15) is 9.59 Å². The first kappa shape index (κ1) is 16.2. The number of carbonyl (C=O) groups excluding carboxylic acids is 2. The van der Waals surface area contributed by atoms with Crippen LogP contribution in [0, 0.1) is 5.92 Å². The van der Waals surface area contributed by atoms with Crippen LogP contribution in [0.5, 0.6) is 0 Å². The van der Waals surface area contributed by atoms with Gasteiger partial charge >= 0.3 is 0 Å². The summed E-state index contributed by atoms with van der Waals surface area (Å²) in [5.41, 5.74) is 6.60. The topological polar surface area (TPSA) is 84.2 Å². The van der Waals surface area contributed by atoms with Gasteiger partial charge in [-0.3, -0.25) is 9.59 Å². The molecule has 5 heteroatoms. The first-order chi connectivity index (χ1) is 9.47. The van der Waals surface area contributed by atoms with E-state index in [1.165, 1.54) is 0 Å². The zero-order valence-electron chi connectivity index (χ0n) is 12.3. The second-order valence-corrected chi connectivity index (χ2v) is 5.20. The van der Waals surface area contributed by atoms with Crippen LogP contribution >= 0.6 is 0 Å². The van der Waals surface area contributed by atoms with Gasteiger partial charge in [-0.15, -0.1) is 0 Å². The number of hydrogen-bond acceptors (Lipinski definition) is 3. The Morgan fingerprint density at radius 3 is 2.30 bits per heavy atom. The zero-order chi connectivity index (χ0) is 15.1. The molecule has 4 N–H and O–H groups in total. The van der Waals surface area contributed by atoms with Crippen LogP contribution in [0.4, 0.5) is 0 Å². The molecule has 0 aliphatic carbocycles. The van der Waals surface area contributed by atoms with Crippen molar-refractivity contribution in [1.29, 1.82) is 0 Å². The van der Waals surface area contributed by atoms with E-state index in [1.54, 1.807) is 31.3 Å². The van der Waals surface area contributed by atoms with Gasteiger partial charge in [0.1, 0.15) is 0 Å². The normalized spacial score (nSPS) is 12.1. The highest BCUT2D eigenvalue weighted by atomic mass is 16.2. The van der Waals surface area contributed by atoms with E-state index in [4.69, 9.17) is 5.73 Å². The van der Waals surface area contributed by atoms with Gasteiger partial charge in [-0.05, 0) is 30.5 Å². The van der Waals surface area contributed by atoms with Crippen molar-refractivity contribution in [3.63, 3.8) is 0 Å². The average Bonchev–Trinajstić information content (AvgIpc) is 2.45. The highest BCUT2D eigenvalue weighted by Crippen LogP contribution is 2.08. The van der Waals surface area contributed by atoms with E-state index in [2.05, 4.69) is 24.5 Å². The second-order valence-electron chi connectivity index (χ2n) is 5.20. The van der Waals surface area contributed by atoms with Crippen LogP contribution in [0.15, 0.2) is 24.3 Å². The van der Waals surface area contributed by atoms with Crippen molar-refractivity contribution < 1.29 is 9.59 Å². The monoisotopic (exact) mass is 277 g/mol. The summed E-state index contributed by atoms with van der Waals surface area (Å²) in [7, 11) is 1.56. The van der Waals surface area contributed by atoms with Crippen molar-refractivity contribution >= 4 is 11.8 Å². The lowest BCUT2D eigenvalue weighted by Crippen LogP contribution is -2.41. The molecule has 20 heavy (non-hydrogen) atoms. The number of benzene rings is 1. The van der Waals surface area contributed by atoms with Gasteiger partial charge in [0.25, 0.3) is 11.8 Å². The number of nitrogens with one attached hydrogen (secondary N) is 2. The van der Waals surface area contributed by atoms with Crippen LogP contribution in [0.3, 0.4) is 0 Å². The maximum absolute atomic E-state index is 12.2. The van der Waals surface area contributed by atoms with Gasteiger partial charge in [-0.1, -0.05) is 19.9 Å². The van der Waals surface area contributed by atoms with Gasteiger partial charge in [-0.25, -0.2) is 0 Å². The summed E-state index contributed by atoms with van der Waals surface area (Å²) < 4.78 is 0. The molecular weight excluding hydrogens is 254 g/mol. The molecule has 1 aromatic rings. The number of carbonyl (C=O) groups is 2. The van der Waals surface area contributed by atoms with E-state index in [0.717, 1.165) is 6.42 Å². The summed E-state index contributed by atoms with van der Waals surface area (Å²) >= 11 is 0. The Morgan fingerprint density at radius 1 is 1.20 bits per heavy atom. The summed E-state index contributed by atoms with van der Waals surface area (Å²) in [5.74, 6) is 0.0464. The third-order valence-corrected chi connectivity index (χ3v) is 2.99. The van der Waals surface area contributed by atoms with Gasteiger partial charge in [0.15, 0.2) is 0 Å². The average molecular weight is 277 g/mol. The van der Waals surface area contributed by atoms with Crippen molar-refractivity contribution in [1.82, 2.24) is 10.6 Å². The smallest absolute Gasteiger partial charge is 0.251 e. The summed E-state index contributed by atoms with van der Waals surface area (Å²) in [6, 6.07) is 6.58. The quantitative estimate of drug-likeness (QED) is 0.729. The fourth-order valence-electron chi connectivity index (χ4n) is 2.00. The van der Waals surface area contributed by atoms with Crippen LogP contribution in [0.1, 0.15) is 41.0 Å². The van der Waals surface area contributed by atoms with Crippen molar-refractivity contribution in [3.8, 4) is 0 Å². The van der Waals surface area contributed by atoms with E-state index < -0.39 is 0 Å². The lowest BCUT2D eigenvalue weighted by atomic mass is 10.0. The van der Waals surface area contributed by atoms with E-state index in [-0.39, 0.29) is 17.9 Å². The van der Waals surface area contributed by atoms with Crippen molar-refractivity contribution in [3.05, 3.63) is 35.4 Å². The molecule has 0 saturated carbocycles. The van der Waals surface area contributed by atoms with Crippen LogP contribution in [-0.2, 0) is 0 Å². The standard InChI is InChI=1S/C15H23N3O2/c1-10(2)7-13(9-16)18-15(20)12-6-4-5-11(8-12)14(19)17-3/h4-6,8,10,13H,7,9,16H2,1-3H3,(H,17,19)(H,18,20). The first-order valence-corrected chi connectivity index (χ1v) is 6.81. The predicted molar refractivity (Wildman–Crippen MR) is 79.6 cm³/mol. The fourth-order valence-corrected chi connectivity index (χ4v) is 2.00. The van der Waals surface area contributed by atoms with Crippen LogP contribution in [0.2, 0.25) is 0 Å². The minimum atomic E-state index is -0.211. The summed E-state index contributed by atoms with van der Waals surface area (Å²) in [5, 5.41) is 5.44. The molecule has 0 radical (unpaired) electrons. The Bertz CT molecular complexity index is 472. The van der Waals surface area contributed by atoms with Crippen molar-refractivity contribution in [2.75, 3.05) is 13.6 Å². The van der Waals surface area contributed by atoms with E-state index >= 15 is 0 Å². The molecule has 0 bridgehead atoms. The minimum absolute atomic E-state index is 0.0499. The molecular formula is C15H23N3O2. The molecule has 2 amide bonds. The van der Waals surface area contributed by atoms with E-state index in [1.807, 2.05) is 0 Å². The van der Waals surface area contributed by atoms with Gasteiger partial charge in [-0.2, -0.15) is 0 Å². The maximum atomic E-state index is 12.2. The van der Waals surface area contributed by atoms with Gasteiger partial charge in [0.05, 0.1) is 0 Å². The lowest BCUT2D eigenvalue weighted by Gasteiger charge is -2.19. The van der Waals surface area contributed by atoms with Crippen molar-refractivity contribution in [2.24, 2.45) is 11.7 Å². The molecule has 1 rings (SSSR count). The molecule has 0 spiro atoms. The Balaban J connectivity index is 2.79. The molecule has 0 heterocycles. The lowest BCUT2D eigenvalue weighted by molar-refractivity contribution is 0.0933. The molecule has 1 aromatic carbocycles. The molecule has 0 aliphatic heterocycles. The number of rotatable bonds is 6. The molecule has 1 unspecified atom stereocenters. The molecule has 5 nitrogen and oxygen atoms in total. The molecule has 0 saturated heterocycles. The summed E-state index contributed by atoms with van der Waals surface area (Å²) in [4.78, 5) is 23.7. The largest absolute Gasteiger partial charge is 0.355 e. The van der Waals surface area contributed by atoms with Gasteiger partial charge in [0.2, 0.25) is 0 Å². The highest BCUT2D eigenvalue weighted by Gasteiger charge is 2.15. The Morgan fingerprint density at radius 2 is 1.80 bits per heavy atom. The molecule has 0 fully saturated rings. The summed E-state index contributed by atoms with van der Waals surface area (Å²) in [6.07, 6.45) is 0.831. The van der Waals surface area contributed by atoms with Crippen LogP contribution < -0.4 is 16.4 Å². The maximum Gasteiger partial charge on any atom is 0.251 e. The highest BCUT2D eigenvalue weighted by molar-refractivity contribution is 5.99. The number of nitrogens with two attached hydrogens (primary N) is 1. The predicted octanol–water partition coefficient (Wildman–Crippen LogP) is 1.15. The number of hydrogen-bond donors (Lipinski definition) is 3. The minimum Gasteiger partial charge on any atom is -0.355 e. The Hall–Kier alpha value is -1.88. The third kappa shape index (κ3) is 4.66. The SMILES string of the molecule is CNC(=O)c1cccc(C(=O)NC(CN)CC(C)C)c1. The van der Waals surface area contributed by atoms with E-state index in [0.29, 0.717) is 23.6 Å². The third-order valence-electron chi connectivity index (χ3n) is 2.99. The first-order valence-electron chi connectivity index (χ1n) is 6.81. The van der Waals surface area contributed by atoms with Crippen LogP contribution in [0.25, 0.3) is 0 Å². The molecule has 0 aliphatic rings. The molecule has 110 valence electrons. The fraction of sp³-hybridized carbons (Fsp3) is 0.467. The zero-order valence-corrected chi connectivity index (χ0v) is 12.3. The van der Waals surface area contributed by atoms with Gasteiger partial charge in [0, 0.05) is 30.8 Å². The van der Waals surface area contributed by atoms with Crippen LogP contribution in [-0.4, -0.2) is 31.4 Å². The summed E-state index contributed by atoms with van der Waals surface area (Å²) in [6.45, 7) is 4.57.